The van der Waals surface area contributed by atoms with Crippen LogP contribution in [0.5, 0.6) is 0 Å². The third-order valence-electron chi connectivity index (χ3n) is 4.66. The number of hydrogen-bond donors (Lipinski definition) is 2. The Morgan fingerprint density at radius 2 is 1.81 bits per heavy atom. The highest BCUT2D eigenvalue weighted by Gasteiger charge is 2.28. The number of rotatable bonds is 9. The zero-order valence-corrected chi connectivity index (χ0v) is 18.8. The van der Waals surface area contributed by atoms with Crippen molar-refractivity contribution in [3.05, 3.63) is 48.4 Å². The van der Waals surface area contributed by atoms with E-state index in [4.69, 9.17) is 4.74 Å². The number of nitrogens with one attached hydrogen (secondary N) is 2. The van der Waals surface area contributed by atoms with Gasteiger partial charge in [0.2, 0.25) is 11.8 Å². The number of amides is 2. The maximum atomic E-state index is 12.8. The van der Waals surface area contributed by atoms with Crippen molar-refractivity contribution in [3.8, 4) is 0 Å². The van der Waals surface area contributed by atoms with E-state index in [2.05, 4.69) is 15.6 Å². The molecule has 0 saturated heterocycles. The average Bonchev–Trinajstić information content (AvgIpc) is 3.15. The summed E-state index contributed by atoms with van der Waals surface area (Å²) < 4.78 is 6.83. The first-order valence-corrected chi connectivity index (χ1v) is 10.5. The molecule has 1 aromatic carbocycles. The highest BCUT2D eigenvalue weighted by atomic mass is 16.5. The fraction of sp³-hybridized carbons (Fsp3) is 0.478. The first-order valence-electron chi connectivity index (χ1n) is 10.5. The lowest BCUT2D eigenvalue weighted by Crippen LogP contribution is -2.47. The van der Waals surface area contributed by atoms with Gasteiger partial charge in [0.05, 0.1) is 12.9 Å². The van der Waals surface area contributed by atoms with Crippen LogP contribution in [-0.2, 0) is 19.1 Å². The maximum absolute atomic E-state index is 12.8. The van der Waals surface area contributed by atoms with Gasteiger partial charge in [-0.3, -0.25) is 9.59 Å². The normalized spacial score (nSPS) is 13.2. The van der Waals surface area contributed by atoms with Gasteiger partial charge in [0, 0.05) is 11.6 Å². The SMILES string of the molecule is CCC[C@@H](NC(=O)C(C)(C)C)C(=O)Nc1cn(C(C(=O)OCC)c2ccccc2)cn1. The number of esters is 1. The molecular weight excluding hydrogens is 396 g/mol. The van der Waals surface area contributed by atoms with E-state index in [-0.39, 0.29) is 18.4 Å². The van der Waals surface area contributed by atoms with E-state index in [1.54, 1.807) is 38.5 Å². The molecule has 1 heterocycles. The molecule has 1 unspecified atom stereocenters. The summed E-state index contributed by atoms with van der Waals surface area (Å²) in [7, 11) is 0. The second-order valence-corrected chi connectivity index (χ2v) is 8.33. The van der Waals surface area contributed by atoms with Crippen LogP contribution < -0.4 is 10.6 Å². The fourth-order valence-corrected chi connectivity index (χ4v) is 2.97. The third kappa shape index (κ3) is 6.67. The van der Waals surface area contributed by atoms with Crippen molar-refractivity contribution in [2.24, 2.45) is 5.41 Å². The van der Waals surface area contributed by atoms with Crippen LogP contribution in [0.3, 0.4) is 0 Å². The molecule has 31 heavy (non-hydrogen) atoms. The summed E-state index contributed by atoms with van der Waals surface area (Å²) in [6.45, 7) is 9.34. The molecule has 2 aromatic rings. The minimum absolute atomic E-state index is 0.196. The number of imidazole rings is 1. The molecule has 8 heteroatoms. The predicted octanol–water partition coefficient (Wildman–Crippen LogP) is 3.31. The molecule has 2 atom stereocenters. The number of carbonyl (C=O) groups is 3. The quantitative estimate of drug-likeness (QED) is 0.597. The van der Waals surface area contributed by atoms with Crippen LogP contribution >= 0.6 is 0 Å². The molecule has 0 radical (unpaired) electrons. The molecule has 8 nitrogen and oxygen atoms in total. The topological polar surface area (TPSA) is 102 Å². The van der Waals surface area contributed by atoms with Gasteiger partial charge in [-0.25, -0.2) is 9.78 Å². The van der Waals surface area contributed by atoms with E-state index >= 15 is 0 Å². The van der Waals surface area contributed by atoms with Crippen molar-refractivity contribution in [3.63, 3.8) is 0 Å². The highest BCUT2D eigenvalue weighted by molar-refractivity contribution is 5.97. The molecule has 0 fully saturated rings. The van der Waals surface area contributed by atoms with E-state index < -0.39 is 23.5 Å². The van der Waals surface area contributed by atoms with Gasteiger partial charge in [0.1, 0.15) is 6.04 Å². The first kappa shape index (κ1) is 24.1. The summed E-state index contributed by atoms with van der Waals surface area (Å²) in [6, 6.07) is 7.83. The summed E-state index contributed by atoms with van der Waals surface area (Å²) in [6.07, 6.45) is 4.30. The van der Waals surface area contributed by atoms with Crippen molar-refractivity contribution in [2.45, 2.75) is 59.5 Å². The van der Waals surface area contributed by atoms with Crippen LogP contribution in [-0.4, -0.2) is 40.0 Å². The predicted molar refractivity (Wildman–Crippen MR) is 118 cm³/mol. The van der Waals surface area contributed by atoms with E-state index in [0.29, 0.717) is 12.2 Å². The summed E-state index contributed by atoms with van der Waals surface area (Å²) in [5, 5.41) is 5.55. The molecule has 0 spiro atoms. The minimum atomic E-state index is -0.716. The summed E-state index contributed by atoms with van der Waals surface area (Å²) in [4.78, 5) is 41.9. The van der Waals surface area contributed by atoms with E-state index in [1.807, 2.05) is 37.3 Å². The van der Waals surface area contributed by atoms with Gasteiger partial charge in [-0.2, -0.15) is 0 Å². The van der Waals surface area contributed by atoms with Crippen molar-refractivity contribution in [1.82, 2.24) is 14.9 Å². The van der Waals surface area contributed by atoms with Gasteiger partial charge < -0.3 is 19.9 Å². The largest absolute Gasteiger partial charge is 0.464 e. The Kier molecular flexibility index (Phi) is 8.36. The number of benzene rings is 1. The Labute approximate surface area is 183 Å². The van der Waals surface area contributed by atoms with E-state index in [9.17, 15) is 14.4 Å². The monoisotopic (exact) mass is 428 g/mol. The molecule has 0 aliphatic heterocycles. The van der Waals surface area contributed by atoms with Gasteiger partial charge in [-0.15, -0.1) is 0 Å². The number of hydrogen-bond acceptors (Lipinski definition) is 5. The summed E-state index contributed by atoms with van der Waals surface area (Å²) in [5.74, 6) is -0.665. The highest BCUT2D eigenvalue weighted by Crippen LogP contribution is 2.22. The lowest BCUT2D eigenvalue weighted by atomic mass is 9.95. The van der Waals surface area contributed by atoms with Gasteiger partial charge in [-0.1, -0.05) is 64.4 Å². The fourth-order valence-electron chi connectivity index (χ4n) is 2.97. The summed E-state index contributed by atoms with van der Waals surface area (Å²) in [5.41, 5.74) is 0.147. The Balaban J connectivity index is 2.19. The van der Waals surface area contributed by atoms with Crippen molar-refractivity contribution >= 4 is 23.6 Å². The maximum Gasteiger partial charge on any atom is 0.333 e. The Hall–Kier alpha value is -3.16. The number of ether oxygens (including phenoxy) is 1. The molecule has 0 aliphatic carbocycles. The van der Waals surface area contributed by atoms with E-state index in [1.165, 1.54) is 6.33 Å². The van der Waals surface area contributed by atoms with Gasteiger partial charge in [-0.05, 0) is 18.9 Å². The van der Waals surface area contributed by atoms with Crippen LogP contribution in [0.4, 0.5) is 5.82 Å². The second-order valence-electron chi connectivity index (χ2n) is 8.33. The average molecular weight is 429 g/mol. The second kappa shape index (κ2) is 10.7. The number of anilines is 1. The number of aromatic nitrogens is 2. The Morgan fingerprint density at radius 1 is 1.13 bits per heavy atom. The molecule has 2 rings (SSSR count). The Bertz CT molecular complexity index is 886. The summed E-state index contributed by atoms with van der Waals surface area (Å²) >= 11 is 0. The van der Waals surface area contributed by atoms with Crippen molar-refractivity contribution in [1.29, 1.82) is 0 Å². The standard InChI is InChI=1S/C23H32N4O4/c1-6-11-17(25-22(30)23(3,4)5)20(28)26-18-14-27(15-24-18)19(21(29)31-7-2)16-12-9-8-10-13-16/h8-10,12-15,17,19H,6-7,11H2,1-5H3,(H,25,30)(H,26,28)/t17-,19?/m1/s1. The van der Waals surface area contributed by atoms with Gasteiger partial charge in [0.25, 0.3) is 0 Å². The third-order valence-corrected chi connectivity index (χ3v) is 4.66. The van der Waals surface area contributed by atoms with Crippen LogP contribution in [0.2, 0.25) is 0 Å². The van der Waals surface area contributed by atoms with Crippen molar-refractivity contribution < 1.29 is 19.1 Å². The molecule has 2 N–H and O–H groups in total. The minimum Gasteiger partial charge on any atom is -0.464 e. The molecule has 1 aromatic heterocycles. The van der Waals surface area contributed by atoms with Crippen molar-refractivity contribution in [2.75, 3.05) is 11.9 Å². The molecule has 168 valence electrons. The molecule has 0 aliphatic rings. The molecular formula is C23H32N4O4. The van der Waals surface area contributed by atoms with Crippen LogP contribution in [0.25, 0.3) is 0 Å². The number of nitrogens with zero attached hydrogens (tertiary/aromatic N) is 2. The lowest BCUT2D eigenvalue weighted by molar-refractivity contribution is -0.145. The van der Waals surface area contributed by atoms with Gasteiger partial charge >= 0.3 is 5.97 Å². The molecule has 0 saturated carbocycles. The molecule has 0 bridgehead atoms. The Morgan fingerprint density at radius 3 is 2.39 bits per heavy atom. The smallest absolute Gasteiger partial charge is 0.333 e. The van der Waals surface area contributed by atoms with Crippen LogP contribution in [0.15, 0.2) is 42.9 Å². The van der Waals surface area contributed by atoms with Gasteiger partial charge in [0.15, 0.2) is 11.9 Å². The number of carbonyl (C=O) groups excluding carboxylic acids is 3. The first-order chi connectivity index (χ1) is 14.7. The van der Waals surface area contributed by atoms with Crippen LogP contribution in [0.1, 0.15) is 59.1 Å². The lowest BCUT2D eigenvalue weighted by Gasteiger charge is -2.23. The van der Waals surface area contributed by atoms with Crippen LogP contribution in [0, 0.1) is 5.41 Å². The molecule has 2 amide bonds. The van der Waals surface area contributed by atoms with E-state index in [0.717, 1.165) is 12.0 Å². The zero-order valence-electron chi connectivity index (χ0n) is 18.8. The zero-order chi connectivity index (χ0) is 23.0.